The van der Waals surface area contributed by atoms with Crippen LogP contribution in [0.15, 0.2) is 71.3 Å². The van der Waals surface area contributed by atoms with Gasteiger partial charge in [-0.3, -0.25) is 4.79 Å². The minimum absolute atomic E-state index is 0.163. The molecule has 0 radical (unpaired) electrons. The summed E-state index contributed by atoms with van der Waals surface area (Å²) in [4.78, 5) is 13.1. The first kappa shape index (κ1) is 21.7. The molecule has 0 saturated carbocycles. The molecule has 1 amide bonds. The number of furan rings is 1. The summed E-state index contributed by atoms with van der Waals surface area (Å²) in [6.45, 7) is 3.18. The van der Waals surface area contributed by atoms with Crippen molar-refractivity contribution in [3.63, 3.8) is 0 Å². The summed E-state index contributed by atoms with van der Waals surface area (Å²) >= 11 is 0. The molecule has 3 aromatic rings. The van der Waals surface area contributed by atoms with Crippen LogP contribution in [0.25, 0.3) is 11.1 Å². The Kier molecular flexibility index (Phi) is 8.58. The molecule has 158 valence electrons. The molecule has 0 aliphatic heterocycles. The van der Waals surface area contributed by atoms with E-state index in [0.29, 0.717) is 24.5 Å². The van der Waals surface area contributed by atoms with Gasteiger partial charge in [0.2, 0.25) is 0 Å². The Morgan fingerprint density at radius 3 is 2.47 bits per heavy atom. The minimum atomic E-state index is -0.163. The van der Waals surface area contributed by atoms with Gasteiger partial charge in [0.1, 0.15) is 11.5 Å². The zero-order valence-electron chi connectivity index (χ0n) is 17.7. The lowest BCUT2D eigenvalue weighted by molar-refractivity contribution is 0.0944. The van der Waals surface area contributed by atoms with Crippen molar-refractivity contribution < 1.29 is 13.9 Å². The van der Waals surface area contributed by atoms with Crippen LogP contribution in [0.4, 0.5) is 0 Å². The van der Waals surface area contributed by atoms with Crippen LogP contribution in [-0.2, 0) is 6.54 Å². The number of hydrogen-bond acceptors (Lipinski definition) is 3. The highest BCUT2D eigenvalue weighted by molar-refractivity contribution is 6.03. The van der Waals surface area contributed by atoms with Gasteiger partial charge < -0.3 is 14.5 Å². The smallest absolute Gasteiger partial charge is 0.256 e. The maximum Gasteiger partial charge on any atom is 0.256 e. The number of unbranched alkanes of at least 4 members (excludes halogenated alkanes) is 5. The number of carbonyl (C=O) groups excluding carboxylic acids is 1. The molecule has 3 rings (SSSR count). The van der Waals surface area contributed by atoms with E-state index in [1.807, 2.05) is 60.7 Å². The first-order chi connectivity index (χ1) is 14.8. The summed E-state index contributed by atoms with van der Waals surface area (Å²) in [5.74, 6) is 1.18. The fourth-order valence-corrected chi connectivity index (χ4v) is 3.48. The highest BCUT2D eigenvalue weighted by Gasteiger charge is 2.19. The van der Waals surface area contributed by atoms with Crippen LogP contribution < -0.4 is 10.1 Å². The van der Waals surface area contributed by atoms with Crippen LogP contribution in [0.5, 0.6) is 5.75 Å². The Morgan fingerprint density at radius 2 is 1.70 bits per heavy atom. The fraction of sp³-hybridized carbons (Fsp3) is 0.346. The van der Waals surface area contributed by atoms with Gasteiger partial charge in [-0.1, -0.05) is 81.5 Å². The normalized spacial score (nSPS) is 10.7. The molecule has 0 spiro atoms. The average Bonchev–Trinajstić information content (AvgIpc) is 3.31. The zero-order valence-corrected chi connectivity index (χ0v) is 17.7. The number of carbonyl (C=O) groups is 1. The van der Waals surface area contributed by atoms with Crippen molar-refractivity contribution >= 4 is 5.91 Å². The van der Waals surface area contributed by atoms with Crippen molar-refractivity contribution in [2.24, 2.45) is 0 Å². The number of nitrogens with one attached hydrogen (secondary N) is 1. The van der Waals surface area contributed by atoms with Gasteiger partial charge in [-0.2, -0.15) is 0 Å². The Morgan fingerprint density at radius 1 is 0.900 bits per heavy atom. The first-order valence-corrected chi connectivity index (χ1v) is 10.9. The molecule has 0 bridgehead atoms. The Balaban J connectivity index is 1.73. The van der Waals surface area contributed by atoms with Crippen LogP contribution in [-0.4, -0.2) is 12.5 Å². The molecule has 0 aliphatic carbocycles. The lowest BCUT2D eigenvalue weighted by atomic mass is 9.98. The van der Waals surface area contributed by atoms with Gasteiger partial charge in [-0.25, -0.2) is 0 Å². The van der Waals surface area contributed by atoms with Crippen LogP contribution in [0.2, 0.25) is 0 Å². The Bertz CT molecular complexity index is 888. The molecule has 0 saturated heterocycles. The fourth-order valence-electron chi connectivity index (χ4n) is 3.48. The van der Waals surface area contributed by atoms with E-state index in [1.54, 1.807) is 6.26 Å². The quantitative estimate of drug-likeness (QED) is 0.345. The van der Waals surface area contributed by atoms with E-state index in [9.17, 15) is 4.79 Å². The van der Waals surface area contributed by atoms with Gasteiger partial charge in [-0.15, -0.1) is 0 Å². The molecule has 1 N–H and O–H groups in total. The summed E-state index contributed by atoms with van der Waals surface area (Å²) in [5, 5.41) is 2.96. The summed E-state index contributed by atoms with van der Waals surface area (Å²) in [7, 11) is 0. The molecule has 4 nitrogen and oxygen atoms in total. The number of amides is 1. The van der Waals surface area contributed by atoms with Crippen LogP contribution in [0, 0.1) is 0 Å². The third-order valence-electron chi connectivity index (χ3n) is 5.10. The minimum Gasteiger partial charge on any atom is -0.493 e. The van der Waals surface area contributed by atoms with E-state index < -0.39 is 0 Å². The van der Waals surface area contributed by atoms with E-state index in [-0.39, 0.29) is 5.91 Å². The van der Waals surface area contributed by atoms with Gasteiger partial charge in [0.25, 0.3) is 5.91 Å². The van der Waals surface area contributed by atoms with E-state index in [1.165, 1.54) is 25.7 Å². The second-order valence-electron chi connectivity index (χ2n) is 7.42. The predicted molar refractivity (Wildman–Crippen MR) is 121 cm³/mol. The van der Waals surface area contributed by atoms with Crippen molar-refractivity contribution in [1.29, 1.82) is 0 Å². The van der Waals surface area contributed by atoms with Gasteiger partial charge in [-0.05, 0) is 35.7 Å². The summed E-state index contributed by atoms with van der Waals surface area (Å²) < 4.78 is 11.4. The third-order valence-corrected chi connectivity index (χ3v) is 5.10. The Hall–Kier alpha value is -3.01. The standard InChI is InChI=1S/C26H31NO3/c1-2-3-4-5-6-10-18-30-24-17-11-16-23(21-13-8-7-9-14-21)25(24)26(28)27-20-22-15-12-19-29-22/h7-9,11-17,19H,2-6,10,18,20H2,1H3,(H,27,28). The van der Waals surface area contributed by atoms with Crippen LogP contribution in [0.3, 0.4) is 0 Å². The van der Waals surface area contributed by atoms with E-state index in [0.717, 1.165) is 29.7 Å². The van der Waals surface area contributed by atoms with Crippen molar-refractivity contribution in [2.45, 2.75) is 52.0 Å². The monoisotopic (exact) mass is 405 g/mol. The SMILES string of the molecule is CCCCCCCCOc1cccc(-c2ccccc2)c1C(=O)NCc1ccco1. The molecule has 0 fully saturated rings. The number of benzene rings is 2. The second-order valence-corrected chi connectivity index (χ2v) is 7.42. The topological polar surface area (TPSA) is 51.5 Å². The van der Waals surface area contributed by atoms with Crippen LogP contribution >= 0.6 is 0 Å². The van der Waals surface area contributed by atoms with Gasteiger partial charge in [0, 0.05) is 0 Å². The van der Waals surface area contributed by atoms with E-state index in [4.69, 9.17) is 9.15 Å². The molecule has 2 aromatic carbocycles. The summed E-state index contributed by atoms with van der Waals surface area (Å²) in [5.41, 5.74) is 2.43. The van der Waals surface area contributed by atoms with Crippen molar-refractivity contribution in [3.8, 4) is 16.9 Å². The molecule has 30 heavy (non-hydrogen) atoms. The van der Waals surface area contributed by atoms with Crippen molar-refractivity contribution in [3.05, 3.63) is 78.3 Å². The average molecular weight is 406 g/mol. The largest absolute Gasteiger partial charge is 0.493 e. The van der Waals surface area contributed by atoms with Gasteiger partial charge >= 0.3 is 0 Å². The molecule has 1 aromatic heterocycles. The third kappa shape index (κ3) is 6.24. The molecule has 0 aliphatic rings. The zero-order chi connectivity index (χ0) is 21.0. The Labute approximate surface area is 179 Å². The number of ether oxygens (including phenoxy) is 1. The lowest BCUT2D eigenvalue weighted by Gasteiger charge is -2.16. The molecule has 4 heteroatoms. The highest BCUT2D eigenvalue weighted by Crippen LogP contribution is 2.31. The second kappa shape index (κ2) is 11.9. The molecule has 1 heterocycles. The molecule has 0 atom stereocenters. The molecule has 0 unspecified atom stereocenters. The van der Waals surface area contributed by atoms with Crippen LogP contribution in [0.1, 0.15) is 61.6 Å². The van der Waals surface area contributed by atoms with Crippen molar-refractivity contribution in [2.75, 3.05) is 6.61 Å². The predicted octanol–water partition coefficient (Wildman–Crippen LogP) is 6.62. The summed E-state index contributed by atoms with van der Waals surface area (Å²) in [6, 6.07) is 19.4. The first-order valence-electron chi connectivity index (χ1n) is 10.9. The molecular weight excluding hydrogens is 374 g/mol. The molecular formula is C26H31NO3. The van der Waals surface area contributed by atoms with Gasteiger partial charge in [0.05, 0.1) is 25.0 Å². The highest BCUT2D eigenvalue weighted by atomic mass is 16.5. The lowest BCUT2D eigenvalue weighted by Crippen LogP contribution is -2.24. The number of rotatable bonds is 12. The maximum absolute atomic E-state index is 13.1. The summed E-state index contributed by atoms with van der Waals surface area (Å²) in [6.07, 6.45) is 8.80. The number of hydrogen-bond donors (Lipinski definition) is 1. The van der Waals surface area contributed by atoms with Gasteiger partial charge in [0.15, 0.2) is 0 Å². The van der Waals surface area contributed by atoms with Crippen molar-refractivity contribution in [1.82, 2.24) is 5.32 Å². The van der Waals surface area contributed by atoms with E-state index in [2.05, 4.69) is 12.2 Å². The maximum atomic E-state index is 13.1. The van der Waals surface area contributed by atoms with E-state index >= 15 is 0 Å².